The van der Waals surface area contributed by atoms with Crippen molar-refractivity contribution in [2.75, 3.05) is 19.6 Å². The first-order chi connectivity index (χ1) is 16.7. The highest BCUT2D eigenvalue weighted by Gasteiger charge is 2.37. The number of rotatable bonds is 7. The Balaban J connectivity index is 1.21. The quantitative estimate of drug-likeness (QED) is 0.446. The van der Waals surface area contributed by atoms with Gasteiger partial charge in [0.1, 0.15) is 5.75 Å². The number of imidazole rings is 1. The average molecular weight is 499 g/mol. The van der Waals surface area contributed by atoms with Gasteiger partial charge in [-0.3, -0.25) is 14.5 Å². The van der Waals surface area contributed by atoms with Gasteiger partial charge in [0, 0.05) is 50.1 Å². The number of nitrogens with one attached hydrogen (secondary N) is 1. The second-order valence-corrected chi connectivity index (χ2v) is 11.6. The van der Waals surface area contributed by atoms with Gasteiger partial charge < -0.3 is 14.6 Å². The molecule has 35 heavy (non-hydrogen) atoms. The van der Waals surface area contributed by atoms with E-state index in [2.05, 4.69) is 16.9 Å². The van der Waals surface area contributed by atoms with Gasteiger partial charge in [0.2, 0.25) is 11.8 Å². The number of thioether (sulfide) groups is 1. The van der Waals surface area contributed by atoms with Crippen LogP contribution in [0, 0.1) is 11.3 Å². The Hall–Kier alpha value is -2.81. The molecule has 3 heterocycles. The van der Waals surface area contributed by atoms with Crippen molar-refractivity contribution in [3.8, 4) is 5.75 Å². The Kier molecular flexibility index (Phi) is 7.84. The fourth-order valence-corrected chi connectivity index (χ4v) is 5.80. The van der Waals surface area contributed by atoms with Crippen molar-refractivity contribution in [3.63, 3.8) is 0 Å². The number of hydrogen-bond acceptors (Lipinski definition) is 6. The Labute approximate surface area is 210 Å². The molecule has 0 saturated carbocycles. The van der Waals surface area contributed by atoms with Crippen LogP contribution in [0.15, 0.2) is 41.8 Å². The topological polar surface area (TPSA) is 95.6 Å². The van der Waals surface area contributed by atoms with Crippen LogP contribution >= 0.6 is 11.8 Å². The first-order valence-electron chi connectivity index (χ1n) is 12.3. The molecular formula is C26H34N4O4S. The number of aromatic nitrogens is 2. The molecule has 1 unspecified atom stereocenters. The van der Waals surface area contributed by atoms with Crippen molar-refractivity contribution in [1.29, 1.82) is 0 Å². The van der Waals surface area contributed by atoms with Crippen LogP contribution in [0.5, 0.6) is 5.75 Å². The number of nitrogens with zero attached hydrogens (tertiary/aromatic N) is 3. The van der Waals surface area contributed by atoms with Crippen LogP contribution in [-0.2, 0) is 16.0 Å². The molecule has 0 aliphatic carbocycles. The number of carbonyl (C=O) groups excluding carboxylic acids is 3. The molecule has 9 heteroatoms. The minimum absolute atomic E-state index is 0.102. The standard InChI is InChI=1S/C26H34N4O4S/c1-18(35-24-27-11-12-28-24)20-9-13-29(14-10-20)25(33)34-21-6-4-19(5-7-21)8-15-30-22(31)16-26(2,3)17-23(30)32/h4-7,11-12,18,20H,8-10,13-17H2,1-3H3,(H,27,28). The SMILES string of the molecule is CC(Sc1ncc[nH]1)C1CCN(C(=O)Oc2ccc(CCN3C(=O)CC(C)(C)CC3=O)cc2)CC1. The van der Waals surface area contributed by atoms with Crippen LogP contribution in [-0.4, -0.2) is 62.6 Å². The van der Waals surface area contributed by atoms with Crippen molar-refractivity contribution >= 4 is 29.7 Å². The molecule has 0 bridgehead atoms. The summed E-state index contributed by atoms with van der Waals surface area (Å²) < 4.78 is 5.59. The van der Waals surface area contributed by atoms with Crippen molar-refractivity contribution < 1.29 is 19.1 Å². The predicted octanol–water partition coefficient (Wildman–Crippen LogP) is 4.52. The van der Waals surface area contributed by atoms with Crippen LogP contribution in [0.1, 0.15) is 52.0 Å². The van der Waals surface area contributed by atoms with Gasteiger partial charge in [0.05, 0.1) is 0 Å². The minimum atomic E-state index is -0.324. The maximum atomic E-state index is 12.6. The van der Waals surface area contributed by atoms with E-state index in [1.165, 1.54) is 4.90 Å². The van der Waals surface area contributed by atoms with E-state index in [1.807, 2.05) is 32.2 Å². The third-order valence-electron chi connectivity index (χ3n) is 6.85. The van der Waals surface area contributed by atoms with E-state index in [0.29, 0.717) is 55.8 Å². The number of benzene rings is 1. The van der Waals surface area contributed by atoms with Gasteiger partial charge in [-0.1, -0.05) is 44.7 Å². The summed E-state index contributed by atoms with van der Waals surface area (Å²) in [6.07, 6.45) is 6.51. The number of carbonyl (C=O) groups is 3. The molecule has 2 aliphatic rings. The van der Waals surface area contributed by atoms with Crippen LogP contribution in [0.2, 0.25) is 0 Å². The number of likely N-dealkylation sites (tertiary alicyclic amines) is 2. The Bertz CT molecular complexity index is 1010. The fourth-order valence-electron chi connectivity index (χ4n) is 4.73. The van der Waals surface area contributed by atoms with Gasteiger partial charge in [-0.25, -0.2) is 9.78 Å². The summed E-state index contributed by atoms with van der Waals surface area (Å²) in [5, 5.41) is 1.36. The summed E-state index contributed by atoms with van der Waals surface area (Å²) >= 11 is 1.74. The van der Waals surface area contributed by atoms with Crippen LogP contribution in [0.25, 0.3) is 0 Å². The zero-order valence-electron chi connectivity index (χ0n) is 20.7. The molecule has 4 rings (SSSR count). The van der Waals surface area contributed by atoms with Crippen LogP contribution in [0.4, 0.5) is 4.79 Å². The molecule has 1 aromatic heterocycles. The van der Waals surface area contributed by atoms with Gasteiger partial charge in [-0.2, -0.15) is 0 Å². The lowest BCUT2D eigenvalue weighted by atomic mass is 9.81. The van der Waals surface area contributed by atoms with Gasteiger partial charge in [-0.05, 0) is 48.3 Å². The number of amides is 3. The number of hydrogen-bond donors (Lipinski definition) is 1. The molecule has 0 spiro atoms. The summed E-state index contributed by atoms with van der Waals surface area (Å²) in [7, 11) is 0. The summed E-state index contributed by atoms with van der Waals surface area (Å²) in [6.45, 7) is 7.84. The number of piperidine rings is 2. The van der Waals surface area contributed by atoms with Gasteiger partial charge in [0.25, 0.3) is 0 Å². The average Bonchev–Trinajstić information content (AvgIpc) is 3.32. The third-order valence-corrected chi connectivity index (χ3v) is 8.05. The molecular weight excluding hydrogens is 464 g/mol. The molecule has 188 valence electrons. The van der Waals surface area contributed by atoms with E-state index < -0.39 is 0 Å². The van der Waals surface area contributed by atoms with Crippen molar-refractivity contribution in [2.24, 2.45) is 11.3 Å². The Morgan fingerprint density at radius 2 is 1.83 bits per heavy atom. The first kappa shape index (κ1) is 25.3. The van der Waals surface area contributed by atoms with Crippen LogP contribution < -0.4 is 4.74 Å². The maximum absolute atomic E-state index is 12.6. The smallest absolute Gasteiger partial charge is 0.410 e. The number of ether oxygens (including phenoxy) is 1. The fraction of sp³-hybridized carbons (Fsp3) is 0.538. The molecule has 2 fully saturated rings. The normalized spacial score (nSPS) is 19.6. The van der Waals surface area contributed by atoms with E-state index >= 15 is 0 Å². The molecule has 0 radical (unpaired) electrons. The molecule has 2 aliphatic heterocycles. The zero-order valence-corrected chi connectivity index (χ0v) is 21.5. The van der Waals surface area contributed by atoms with E-state index in [0.717, 1.165) is 23.6 Å². The summed E-state index contributed by atoms with van der Waals surface area (Å²) in [4.78, 5) is 47.9. The number of H-pyrrole nitrogens is 1. The maximum Gasteiger partial charge on any atom is 0.415 e. The van der Waals surface area contributed by atoms with E-state index in [-0.39, 0.29) is 23.3 Å². The lowest BCUT2D eigenvalue weighted by Gasteiger charge is -2.34. The summed E-state index contributed by atoms with van der Waals surface area (Å²) in [5.41, 5.74) is 0.724. The summed E-state index contributed by atoms with van der Waals surface area (Å²) in [6, 6.07) is 7.30. The lowest BCUT2D eigenvalue weighted by Crippen LogP contribution is -2.46. The van der Waals surface area contributed by atoms with E-state index in [4.69, 9.17) is 4.74 Å². The number of imide groups is 1. The van der Waals surface area contributed by atoms with E-state index in [1.54, 1.807) is 35.0 Å². The van der Waals surface area contributed by atoms with Crippen molar-refractivity contribution in [3.05, 3.63) is 42.2 Å². The molecule has 1 aromatic carbocycles. The second kappa shape index (κ2) is 10.8. The van der Waals surface area contributed by atoms with Crippen molar-refractivity contribution in [2.45, 2.75) is 63.3 Å². The predicted molar refractivity (Wildman–Crippen MR) is 134 cm³/mol. The van der Waals surface area contributed by atoms with Gasteiger partial charge in [-0.15, -0.1) is 0 Å². The molecule has 2 saturated heterocycles. The molecule has 2 aromatic rings. The Morgan fingerprint density at radius 3 is 2.43 bits per heavy atom. The third kappa shape index (κ3) is 6.66. The molecule has 3 amide bonds. The number of aromatic amines is 1. The highest BCUT2D eigenvalue weighted by Crippen LogP contribution is 2.33. The molecule has 1 atom stereocenters. The minimum Gasteiger partial charge on any atom is -0.410 e. The molecule has 8 nitrogen and oxygen atoms in total. The second-order valence-electron chi connectivity index (χ2n) is 10.3. The highest BCUT2D eigenvalue weighted by atomic mass is 32.2. The van der Waals surface area contributed by atoms with Gasteiger partial charge in [0.15, 0.2) is 5.16 Å². The monoisotopic (exact) mass is 498 g/mol. The largest absolute Gasteiger partial charge is 0.415 e. The Morgan fingerprint density at radius 1 is 1.17 bits per heavy atom. The van der Waals surface area contributed by atoms with Crippen LogP contribution in [0.3, 0.4) is 0 Å². The van der Waals surface area contributed by atoms with Crippen molar-refractivity contribution in [1.82, 2.24) is 19.8 Å². The zero-order chi connectivity index (χ0) is 25.0. The lowest BCUT2D eigenvalue weighted by molar-refractivity contribution is -0.152. The highest BCUT2D eigenvalue weighted by molar-refractivity contribution is 7.99. The van der Waals surface area contributed by atoms with Gasteiger partial charge >= 0.3 is 6.09 Å². The molecule has 1 N–H and O–H groups in total. The first-order valence-corrected chi connectivity index (χ1v) is 13.1. The van der Waals surface area contributed by atoms with E-state index in [9.17, 15) is 14.4 Å². The summed E-state index contributed by atoms with van der Waals surface area (Å²) in [5.74, 6) is 0.816.